The zero-order valence-corrected chi connectivity index (χ0v) is 13.2. The highest BCUT2D eigenvalue weighted by Gasteiger charge is 2.07. The van der Waals surface area contributed by atoms with E-state index in [4.69, 9.17) is 0 Å². The molecule has 0 radical (unpaired) electrons. The van der Waals surface area contributed by atoms with Gasteiger partial charge in [-0.05, 0) is 25.7 Å². The van der Waals surface area contributed by atoms with Crippen LogP contribution < -0.4 is 10.6 Å². The van der Waals surface area contributed by atoms with E-state index in [1.54, 1.807) is 7.05 Å². The van der Waals surface area contributed by atoms with Crippen LogP contribution in [0.3, 0.4) is 0 Å². The molecule has 5 heteroatoms. The minimum absolute atomic E-state index is 0.00684. The van der Waals surface area contributed by atoms with Crippen molar-refractivity contribution in [3.63, 3.8) is 0 Å². The normalized spacial score (nSPS) is 11.1. The SMILES string of the molecule is C=CCCCCCN(C)C(=NC)NCC(=O)NCCC. The number of allylic oxidation sites excluding steroid dienone is 1. The topological polar surface area (TPSA) is 56.7 Å². The van der Waals surface area contributed by atoms with Crippen LogP contribution in [-0.4, -0.2) is 50.5 Å². The molecule has 0 unspecified atom stereocenters. The minimum atomic E-state index is 0.00684. The van der Waals surface area contributed by atoms with E-state index in [-0.39, 0.29) is 12.5 Å². The second kappa shape index (κ2) is 12.5. The Morgan fingerprint density at radius 3 is 2.65 bits per heavy atom. The Morgan fingerprint density at radius 1 is 1.30 bits per heavy atom. The average molecular weight is 282 g/mol. The van der Waals surface area contributed by atoms with Gasteiger partial charge in [-0.15, -0.1) is 6.58 Å². The molecule has 0 bridgehead atoms. The molecule has 116 valence electrons. The summed E-state index contributed by atoms with van der Waals surface area (Å²) in [5, 5.41) is 5.91. The van der Waals surface area contributed by atoms with E-state index < -0.39 is 0 Å². The van der Waals surface area contributed by atoms with E-state index in [2.05, 4.69) is 27.1 Å². The molecule has 20 heavy (non-hydrogen) atoms. The summed E-state index contributed by atoms with van der Waals surface area (Å²) in [6.45, 7) is 7.68. The average Bonchev–Trinajstić information content (AvgIpc) is 2.45. The maximum Gasteiger partial charge on any atom is 0.239 e. The quantitative estimate of drug-likeness (QED) is 0.278. The van der Waals surface area contributed by atoms with Gasteiger partial charge in [0.25, 0.3) is 0 Å². The van der Waals surface area contributed by atoms with Gasteiger partial charge in [-0.25, -0.2) is 0 Å². The molecule has 0 aromatic rings. The first kappa shape index (κ1) is 18.5. The summed E-state index contributed by atoms with van der Waals surface area (Å²) in [4.78, 5) is 17.8. The number of rotatable bonds is 10. The van der Waals surface area contributed by atoms with Gasteiger partial charge in [-0.2, -0.15) is 0 Å². The molecule has 0 aliphatic rings. The third kappa shape index (κ3) is 9.42. The van der Waals surface area contributed by atoms with Crippen molar-refractivity contribution in [1.82, 2.24) is 15.5 Å². The van der Waals surface area contributed by atoms with Crippen LogP contribution in [0.1, 0.15) is 39.0 Å². The Bertz CT molecular complexity index is 302. The first-order valence-electron chi connectivity index (χ1n) is 7.45. The molecule has 0 aliphatic carbocycles. The summed E-state index contributed by atoms with van der Waals surface area (Å²) in [7, 11) is 3.73. The molecule has 2 N–H and O–H groups in total. The van der Waals surface area contributed by atoms with Gasteiger partial charge in [0.2, 0.25) is 5.91 Å². The Hall–Kier alpha value is -1.52. The van der Waals surface area contributed by atoms with E-state index in [0.29, 0.717) is 0 Å². The predicted molar refractivity (Wildman–Crippen MR) is 86.0 cm³/mol. The van der Waals surface area contributed by atoms with Crippen LogP contribution in [0, 0.1) is 0 Å². The number of nitrogens with zero attached hydrogens (tertiary/aromatic N) is 2. The van der Waals surface area contributed by atoms with Gasteiger partial charge >= 0.3 is 0 Å². The second-order valence-corrected chi connectivity index (χ2v) is 4.81. The largest absolute Gasteiger partial charge is 0.355 e. The van der Waals surface area contributed by atoms with Gasteiger partial charge < -0.3 is 15.5 Å². The van der Waals surface area contributed by atoms with Gasteiger partial charge in [0.15, 0.2) is 5.96 Å². The van der Waals surface area contributed by atoms with Crippen molar-refractivity contribution in [1.29, 1.82) is 0 Å². The predicted octanol–water partition coefficient (Wildman–Crippen LogP) is 1.77. The second-order valence-electron chi connectivity index (χ2n) is 4.81. The number of amides is 1. The molecule has 0 saturated heterocycles. The number of hydrogen-bond acceptors (Lipinski definition) is 2. The molecule has 0 spiro atoms. The van der Waals surface area contributed by atoms with Crippen LogP contribution in [0.5, 0.6) is 0 Å². The first-order valence-corrected chi connectivity index (χ1v) is 7.45. The van der Waals surface area contributed by atoms with Crippen molar-refractivity contribution in [2.24, 2.45) is 4.99 Å². The summed E-state index contributed by atoms with van der Waals surface area (Å²) < 4.78 is 0. The highest BCUT2D eigenvalue weighted by molar-refractivity contribution is 5.86. The zero-order chi connectivity index (χ0) is 15.2. The Morgan fingerprint density at radius 2 is 2.05 bits per heavy atom. The van der Waals surface area contributed by atoms with E-state index >= 15 is 0 Å². The van der Waals surface area contributed by atoms with Crippen LogP contribution in [0.15, 0.2) is 17.6 Å². The van der Waals surface area contributed by atoms with Crippen LogP contribution in [0.2, 0.25) is 0 Å². The van der Waals surface area contributed by atoms with E-state index in [1.807, 2.05) is 20.0 Å². The number of unbranched alkanes of at least 4 members (excludes halogenated alkanes) is 3. The maximum atomic E-state index is 11.5. The molecule has 0 saturated carbocycles. The fraction of sp³-hybridized carbons (Fsp3) is 0.733. The summed E-state index contributed by atoms with van der Waals surface area (Å²) >= 11 is 0. The molecule has 0 heterocycles. The third-order valence-electron chi connectivity index (χ3n) is 2.95. The number of aliphatic imine (C=N–C) groups is 1. The van der Waals surface area contributed by atoms with Crippen LogP contribution in [0.25, 0.3) is 0 Å². The van der Waals surface area contributed by atoms with E-state index in [1.165, 1.54) is 12.8 Å². The van der Waals surface area contributed by atoms with E-state index in [0.717, 1.165) is 38.3 Å². The lowest BCUT2D eigenvalue weighted by Gasteiger charge is -2.21. The third-order valence-corrected chi connectivity index (χ3v) is 2.95. The van der Waals surface area contributed by atoms with Gasteiger partial charge in [0, 0.05) is 27.2 Å². The van der Waals surface area contributed by atoms with Gasteiger partial charge in [0.1, 0.15) is 0 Å². The number of nitrogens with one attached hydrogen (secondary N) is 2. The van der Waals surface area contributed by atoms with Crippen LogP contribution in [-0.2, 0) is 4.79 Å². The van der Waals surface area contributed by atoms with Gasteiger partial charge in [-0.3, -0.25) is 9.79 Å². The number of hydrogen-bond donors (Lipinski definition) is 2. The fourth-order valence-corrected chi connectivity index (χ4v) is 1.79. The lowest BCUT2D eigenvalue weighted by atomic mass is 10.2. The van der Waals surface area contributed by atoms with Gasteiger partial charge in [-0.1, -0.05) is 19.4 Å². The highest BCUT2D eigenvalue weighted by atomic mass is 16.1. The molecule has 5 nitrogen and oxygen atoms in total. The lowest BCUT2D eigenvalue weighted by Crippen LogP contribution is -2.44. The summed E-state index contributed by atoms with van der Waals surface area (Å²) in [5.41, 5.74) is 0. The zero-order valence-electron chi connectivity index (χ0n) is 13.2. The summed E-state index contributed by atoms with van der Waals surface area (Å²) in [5.74, 6) is 0.771. The van der Waals surface area contributed by atoms with Crippen LogP contribution >= 0.6 is 0 Å². The van der Waals surface area contributed by atoms with E-state index in [9.17, 15) is 4.79 Å². The monoisotopic (exact) mass is 282 g/mol. The maximum absolute atomic E-state index is 11.5. The number of carbonyl (C=O) groups excluding carboxylic acids is 1. The van der Waals surface area contributed by atoms with Crippen molar-refractivity contribution in [2.75, 3.05) is 33.7 Å². The molecule has 0 aromatic carbocycles. The molecule has 1 amide bonds. The van der Waals surface area contributed by atoms with Crippen molar-refractivity contribution in [3.8, 4) is 0 Å². The fourth-order valence-electron chi connectivity index (χ4n) is 1.79. The molecule has 0 aliphatic heterocycles. The first-order chi connectivity index (χ1) is 9.65. The van der Waals surface area contributed by atoms with Crippen molar-refractivity contribution < 1.29 is 4.79 Å². The van der Waals surface area contributed by atoms with Crippen molar-refractivity contribution in [2.45, 2.75) is 39.0 Å². The highest BCUT2D eigenvalue weighted by Crippen LogP contribution is 2.01. The molecule has 0 aromatic heterocycles. The van der Waals surface area contributed by atoms with Crippen molar-refractivity contribution >= 4 is 11.9 Å². The minimum Gasteiger partial charge on any atom is -0.355 e. The van der Waals surface area contributed by atoms with Crippen LogP contribution in [0.4, 0.5) is 0 Å². The number of carbonyl (C=O) groups is 1. The Balaban J connectivity index is 3.88. The van der Waals surface area contributed by atoms with Crippen molar-refractivity contribution in [3.05, 3.63) is 12.7 Å². The summed E-state index contributed by atoms with van der Waals surface area (Å²) in [6.07, 6.45) is 7.47. The molecule has 0 rings (SSSR count). The lowest BCUT2D eigenvalue weighted by molar-refractivity contribution is -0.120. The smallest absolute Gasteiger partial charge is 0.239 e. The summed E-state index contributed by atoms with van der Waals surface area (Å²) in [6, 6.07) is 0. The molecule has 0 atom stereocenters. The molecule has 0 fully saturated rings. The molecular weight excluding hydrogens is 252 g/mol. The Kier molecular flexibility index (Phi) is 11.6. The van der Waals surface area contributed by atoms with Gasteiger partial charge in [0.05, 0.1) is 6.54 Å². The molecular formula is C15H30N4O. The standard InChI is InChI=1S/C15H30N4O/c1-5-7-8-9-10-12-19(4)15(16-3)18-13-14(20)17-11-6-2/h5H,1,6-13H2,2-4H3,(H,16,18)(H,17,20). The number of guanidine groups is 1. The Labute approximate surface area is 123 Å².